The maximum absolute atomic E-state index is 5.72. The smallest absolute Gasteiger partial charge is 0.228 e. The second kappa shape index (κ2) is 7.18. The van der Waals surface area contributed by atoms with Crippen molar-refractivity contribution in [2.24, 2.45) is 5.92 Å². The van der Waals surface area contributed by atoms with E-state index in [9.17, 15) is 0 Å². The SMILES string of the molecule is C[C@H]1COCCN1c1nc(-c2cnc(N)nc2)c2c(n1)N([C@@]13CNC[C@@H]1C3)CC2.Cl. The van der Waals surface area contributed by atoms with Crippen LogP contribution in [0.2, 0.25) is 0 Å². The molecule has 160 valence electrons. The molecular formula is C20H27ClN8O. The maximum Gasteiger partial charge on any atom is 0.228 e. The number of fused-ring (bicyclic) bond motifs is 2. The van der Waals surface area contributed by atoms with Gasteiger partial charge in [0.05, 0.1) is 30.5 Å². The molecule has 1 aliphatic carbocycles. The Kier molecular flexibility index (Phi) is 4.72. The van der Waals surface area contributed by atoms with Gasteiger partial charge in [0.1, 0.15) is 5.82 Å². The summed E-state index contributed by atoms with van der Waals surface area (Å²) in [5.74, 6) is 2.88. The first kappa shape index (κ1) is 19.7. The lowest BCUT2D eigenvalue weighted by Gasteiger charge is -2.34. The number of anilines is 3. The highest BCUT2D eigenvalue weighted by molar-refractivity contribution is 5.85. The van der Waals surface area contributed by atoms with Gasteiger partial charge < -0.3 is 25.6 Å². The highest BCUT2D eigenvalue weighted by atomic mass is 35.5. The van der Waals surface area contributed by atoms with Gasteiger partial charge in [-0.2, -0.15) is 4.98 Å². The van der Waals surface area contributed by atoms with Crippen molar-refractivity contribution < 1.29 is 4.74 Å². The number of nitrogens with zero attached hydrogens (tertiary/aromatic N) is 6. The van der Waals surface area contributed by atoms with Crippen LogP contribution in [0, 0.1) is 5.92 Å². The van der Waals surface area contributed by atoms with Crippen molar-refractivity contribution in [3.8, 4) is 11.3 Å². The summed E-state index contributed by atoms with van der Waals surface area (Å²) in [6, 6.07) is 0.243. The molecule has 0 radical (unpaired) electrons. The van der Waals surface area contributed by atoms with E-state index in [4.69, 9.17) is 20.4 Å². The summed E-state index contributed by atoms with van der Waals surface area (Å²) in [5, 5.41) is 3.56. The molecule has 3 fully saturated rings. The van der Waals surface area contributed by atoms with Crippen LogP contribution < -0.4 is 20.9 Å². The van der Waals surface area contributed by atoms with E-state index < -0.39 is 0 Å². The Bertz CT molecular complexity index is 957. The Morgan fingerprint density at radius 2 is 2.07 bits per heavy atom. The van der Waals surface area contributed by atoms with Gasteiger partial charge in [0.15, 0.2) is 0 Å². The minimum absolute atomic E-state index is 0. The number of nitrogens with one attached hydrogen (secondary N) is 1. The minimum atomic E-state index is 0. The third kappa shape index (κ3) is 2.91. The van der Waals surface area contributed by atoms with Gasteiger partial charge in [-0.05, 0) is 25.7 Å². The Morgan fingerprint density at radius 3 is 2.77 bits per heavy atom. The number of nitrogen functional groups attached to an aromatic ring is 1. The molecule has 10 heteroatoms. The maximum atomic E-state index is 5.72. The topological polar surface area (TPSA) is 105 Å². The molecule has 1 saturated carbocycles. The molecule has 5 heterocycles. The highest BCUT2D eigenvalue weighted by Gasteiger charge is 2.62. The van der Waals surface area contributed by atoms with Crippen LogP contribution in [0.1, 0.15) is 18.9 Å². The molecule has 30 heavy (non-hydrogen) atoms. The fraction of sp³-hybridized carbons (Fsp3) is 0.600. The Morgan fingerprint density at radius 1 is 1.23 bits per heavy atom. The van der Waals surface area contributed by atoms with E-state index in [1.54, 1.807) is 12.4 Å². The zero-order valence-electron chi connectivity index (χ0n) is 17.0. The first-order valence-electron chi connectivity index (χ1n) is 10.5. The van der Waals surface area contributed by atoms with Gasteiger partial charge >= 0.3 is 0 Å². The lowest BCUT2D eigenvalue weighted by molar-refractivity contribution is 0.0981. The standard InChI is InChI=1S/C20H26N8O.ClH/c1-12-10-29-5-4-27(12)19-25-16(13-7-23-18(21)24-8-13)15-2-3-28(17(15)26-19)20-6-14(20)9-22-11-20;/h7-8,12,14,22H,2-6,9-11H2,1H3,(H2,21,23,24);1H/t12-,14-,20-;/m0./s1. The molecule has 2 saturated heterocycles. The number of halogens is 1. The van der Waals surface area contributed by atoms with Crippen molar-refractivity contribution in [1.29, 1.82) is 0 Å². The summed E-state index contributed by atoms with van der Waals surface area (Å²) in [7, 11) is 0. The van der Waals surface area contributed by atoms with E-state index in [2.05, 4.69) is 32.0 Å². The highest BCUT2D eigenvalue weighted by Crippen LogP contribution is 2.54. The van der Waals surface area contributed by atoms with Gasteiger partial charge in [-0.15, -0.1) is 12.4 Å². The number of hydrogen-bond donors (Lipinski definition) is 2. The molecule has 9 nitrogen and oxygen atoms in total. The molecule has 3 atom stereocenters. The molecule has 2 aromatic rings. The average Bonchev–Trinajstić information content (AvgIpc) is 3.08. The van der Waals surface area contributed by atoms with Crippen LogP contribution in [-0.4, -0.2) is 70.9 Å². The first-order valence-corrected chi connectivity index (χ1v) is 10.5. The molecule has 0 aromatic carbocycles. The monoisotopic (exact) mass is 430 g/mol. The van der Waals surface area contributed by atoms with E-state index >= 15 is 0 Å². The molecule has 3 N–H and O–H groups in total. The van der Waals surface area contributed by atoms with Gasteiger partial charge in [0.25, 0.3) is 0 Å². The number of nitrogens with two attached hydrogens (primary N) is 1. The number of aromatic nitrogens is 4. The van der Waals surface area contributed by atoms with Crippen LogP contribution in [0.4, 0.5) is 17.7 Å². The molecular weight excluding hydrogens is 404 g/mol. The summed E-state index contributed by atoms with van der Waals surface area (Å²) < 4.78 is 5.63. The largest absolute Gasteiger partial charge is 0.377 e. The van der Waals surface area contributed by atoms with Crippen molar-refractivity contribution in [1.82, 2.24) is 25.3 Å². The first-order chi connectivity index (χ1) is 14.2. The van der Waals surface area contributed by atoms with Crippen molar-refractivity contribution in [3.05, 3.63) is 18.0 Å². The van der Waals surface area contributed by atoms with Crippen molar-refractivity contribution >= 4 is 30.1 Å². The fourth-order valence-electron chi connectivity index (χ4n) is 5.26. The van der Waals surface area contributed by atoms with Crippen LogP contribution in [0.25, 0.3) is 11.3 Å². The van der Waals surface area contributed by atoms with Crippen LogP contribution in [0.15, 0.2) is 12.4 Å². The third-order valence-electron chi connectivity index (χ3n) is 6.94. The van der Waals surface area contributed by atoms with E-state index in [1.165, 1.54) is 12.0 Å². The zero-order chi connectivity index (χ0) is 19.6. The Labute approximate surface area is 181 Å². The summed E-state index contributed by atoms with van der Waals surface area (Å²) >= 11 is 0. The quantitative estimate of drug-likeness (QED) is 0.734. The van der Waals surface area contributed by atoms with Crippen molar-refractivity contribution in [2.45, 2.75) is 31.3 Å². The molecule has 0 bridgehead atoms. The van der Waals surface area contributed by atoms with Crippen LogP contribution >= 0.6 is 12.4 Å². The third-order valence-corrected chi connectivity index (χ3v) is 6.94. The van der Waals surface area contributed by atoms with Crippen molar-refractivity contribution in [2.75, 3.05) is 54.9 Å². The summed E-state index contributed by atoms with van der Waals surface area (Å²) in [5.41, 5.74) is 9.00. The predicted molar refractivity (Wildman–Crippen MR) is 117 cm³/mol. The zero-order valence-corrected chi connectivity index (χ0v) is 17.9. The molecule has 0 unspecified atom stereocenters. The lowest BCUT2D eigenvalue weighted by atomic mass is 10.1. The number of morpholine rings is 1. The van der Waals surface area contributed by atoms with E-state index in [-0.39, 0.29) is 29.9 Å². The van der Waals surface area contributed by atoms with Gasteiger partial charge in [0, 0.05) is 49.7 Å². The molecule has 3 aliphatic heterocycles. The van der Waals surface area contributed by atoms with Crippen LogP contribution in [0.3, 0.4) is 0 Å². The average molecular weight is 431 g/mol. The second-order valence-corrected chi connectivity index (χ2v) is 8.66. The van der Waals surface area contributed by atoms with Gasteiger partial charge in [-0.1, -0.05) is 0 Å². The Balaban J connectivity index is 0.00000193. The van der Waals surface area contributed by atoms with E-state index in [0.717, 1.165) is 61.5 Å². The molecule has 0 spiro atoms. The second-order valence-electron chi connectivity index (χ2n) is 8.66. The van der Waals surface area contributed by atoms with Gasteiger partial charge in [-0.25, -0.2) is 15.0 Å². The van der Waals surface area contributed by atoms with E-state index in [0.29, 0.717) is 13.2 Å². The summed E-state index contributed by atoms with van der Waals surface area (Å²) in [6.07, 6.45) is 5.75. The number of rotatable bonds is 3. The number of piperidine rings is 1. The summed E-state index contributed by atoms with van der Waals surface area (Å²) in [4.78, 5) is 23.4. The molecule has 6 rings (SSSR count). The van der Waals surface area contributed by atoms with Crippen molar-refractivity contribution in [3.63, 3.8) is 0 Å². The number of hydrogen-bond acceptors (Lipinski definition) is 9. The Hall–Kier alpha value is -2.23. The van der Waals surface area contributed by atoms with Crippen LogP contribution in [0.5, 0.6) is 0 Å². The fourth-order valence-corrected chi connectivity index (χ4v) is 5.26. The lowest BCUT2D eigenvalue weighted by Crippen LogP contribution is -2.45. The normalized spacial score (nSPS) is 29.4. The molecule has 0 amide bonds. The molecule has 2 aromatic heterocycles. The molecule has 4 aliphatic rings. The van der Waals surface area contributed by atoms with Gasteiger partial charge in [-0.3, -0.25) is 0 Å². The predicted octanol–water partition coefficient (Wildman–Crippen LogP) is 0.887. The number of ether oxygens (including phenoxy) is 1. The van der Waals surface area contributed by atoms with E-state index in [1.807, 2.05) is 0 Å². The van der Waals surface area contributed by atoms with Gasteiger partial charge in [0.2, 0.25) is 11.9 Å². The summed E-state index contributed by atoms with van der Waals surface area (Å²) in [6.45, 7) is 7.51. The minimum Gasteiger partial charge on any atom is -0.377 e. The van der Waals surface area contributed by atoms with Crippen LogP contribution in [-0.2, 0) is 11.2 Å².